The molecule has 168 valence electrons. The number of hydrogen-bond acceptors (Lipinski definition) is 6. The van der Waals surface area contributed by atoms with Gasteiger partial charge in [-0.1, -0.05) is 12.1 Å². The maximum absolute atomic E-state index is 13.5. The smallest absolute Gasteiger partial charge is 0.259 e. The molecule has 0 unspecified atom stereocenters. The third-order valence-corrected chi connectivity index (χ3v) is 5.39. The van der Waals surface area contributed by atoms with E-state index in [1.165, 1.54) is 9.80 Å². The van der Waals surface area contributed by atoms with E-state index in [9.17, 15) is 14.4 Å². The second kappa shape index (κ2) is 10.1. The Bertz CT molecular complexity index is 996. The zero-order valence-electron chi connectivity index (χ0n) is 17.8. The lowest BCUT2D eigenvalue weighted by Crippen LogP contribution is -2.53. The van der Waals surface area contributed by atoms with E-state index in [2.05, 4.69) is 10.3 Å². The van der Waals surface area contributed by atoms with Gasteiger partial charge in [0.2, 0.25) is 17.7 Å². The van der Waals surface area contributed by atoms with E-state index < -0.39 is 0 Å². The van der Waals surface area contributed by atoms with E-state index >= 15 is 0 Å². The highest BCUT2D eigenvalue weighted by Gasteiger charge is 2.27. The number of amides is 3. The number of fused-ring (bicyclic) bond motifs is 2. The summed E-state index contributed by atoms with van der Waals surface area (Å²) in [5, 5.41) is 2.70. The number of aromatic nitrogens is 1. The van der Waals surface area contributed by atoms with Gasteiger partial charge in [-0.3, -0.25) is 14.4 Å². The molecule has 0 atom stereocenters. The Hall–Kier alpha value is -3.62. The van der Waals surface area contributed by atoms with Gasteiger partial charge in [0.15, 0.2) is 11.5 Å². The lowest BCUT2D eigenvalue weighted by atomic mass is 10.2. The van der Waals surface area contributed by atoms with Crippen LogP contribution in [0, 0.1) is 0 Å². The Kier molecular flexibility index (Phi) is 6.84. The van der Waals surface area contributed by atoms with Gasteiger partial charge in [0.05, 0.1) is 13.2 Å². The average Bonchev–Trinajstić information content (AvgIpc) is 2.81. The van der Waals surface area contributed by atoms with E-state index in [0.29, 0.717) is 37.7 Å². The van der Waals surface area contributed by atoms with Gasteiger partial charge in [-0.25, -0.2) is 4.98 Å². The van der Waals surface area contributed by atoms with Gasteiger partial charge in [0.1, 0.15) is 12.1 Å². The molecule has 1 aromatic heterocycles. The first-order chi connectivity index (χ1) is 15.6. The van der Waals surface area contributed by atoms with Crippen molar-refractivity contribution in [3.8, 4) is 17.4 Å². The van der Waals surface area contributed by atoms with Gasteiger partial charge in [-0.15, -0.1) is 0 Å². The number of ether oxygens (including phenoxy) is 2. The lowest BCUT2D eigenvalue weighted by molar-refractivity contribution is -0.138. The molecule has 4 rings (SSSR count). The first-order valence-corrected chi connectivity index (χ1v) is 10.8. The molecule has 1 aromatic carbocycles. The minimum Gasteiger partial charge on any atom is -0.490 e. The molecule has 32 heavy (non-hydrogen) atoms. The zero-order valence-corrected chi connectivity index (χ0v) is 17.8. The van der Waals surface area contributed by atoms with Crippen molar-refractivity contribution >= 4 is 17.7 Å². The lowest BCUT2D eigenvalue weighted by Gasteiger charge is -2.30. The van der Waals surface area contributed by atoms with Crippen LogP contribution in [0.3, 0.4) is 0 Å². The summed E-state index contributed by atoms with van der Waals surface area (Å²) in [4.78, 5) is 45.2. The molecule has 0 saturated carbocycles. The van der Waals surface area contributed by atoms with Gasteiger partial charge in [-0.2, -0.15) is 0 Å². The summed E-state index contributed by atoms with van der Waals surface area (Å²) in [5.41, 5.74) is 0.269. The monoisotopic (exact) mass is 438 g/mol. The molecule has 0 radical (unpaired) electrons. The number of pyridine rings is 1. The summed E-state index contributed by atoms with van der Waals surface area (Å²) in [7, 11) is 0. The molecule has 2 aromatic rings. The number of nitrogens with one attached hydrogen (secondary N) is 1. The van der Waals surface area contributed by atoms with Crippen molar-refractivity contribution in [2.75, 3.05) is 39.3 Å². The number of benzene rings is 1. The molecule has 9 heteroatoms. The summed E-state index contributed by atoms with van der Waals surface area (Å²) in [6.45, 7) is 1.68. The summed E-state index contributed by atoms with van der Waals surface area (Å²) in [6, 6.07) is 10.6. The van der Waals surface area contributed by atoms with E-state index in [1.54, 1.807) is 24.4 Å². The Labute approximate surface area is 186 Å². The molecule has 1 saturated heterocycles. The average molecular weight is 438 g/mol. The second-order valence-corrected chi connectivity index (χ2v) is 7.71. The van der Waals surface area contributed by atoms with Crippen molar-refractivity contribution in [3.05, 3.63) is 48.2 Å². The first kappa shape index (κ1) is 21.6. The highest BCUT2D eigenvalue weighted by molar-refractivity contribution is 5.98. The van der Waals surface area contributed by atoms with Crippen LogP contribution in [0.5, 0.6) is 17.4 Å². The standard InChI is InChI=1S/C23H26N4O5/c28-20-15-26(13-11-24-20)21(29)16-27-12-4-1-5-14-31-18-8-2-3-9-19(18)32-22-17(23(27)30)7-6-10-25-22/h2-3,6-10H,1,4-5,11-16H2,(H,24,28). The molecule has 1 N–H and O–H groups in total. The van der Waals surface area contributed by atoms with E-state index in [4.69, 9.17) is 9.47 Å². The van der Waals surface area contributed by atoms with Crippen molar-refractivity contribution in [2.45, 2.75) is 19.3 Å². The van der Waals surface area contributed by atoms with Crippen LogP contribution in [-0.2, 0) is 9.59 Å². The fourth-order valence-corrected chi connectivity index (χ4v) is 3.69. The SMILES string of the molecule is O=C1CN(C(=O)CN2CCCCCOc3ccccc3Oc3ncccc3C2=O)CCN1. The number of carbonyl (C=O) groups is 3. The maximum atomic E-state index is 13.5. The van der Waals surface area contributed by atoms with Crippen LogP contribution in [0.4, 0.5) is 0 Å². The normalized spacial score (nSPS) is 17.4. The van der Waals surface area contributed by atoms with E-state index in [0.717, 1.165) is 19.3 Å². The maximum Gasteiger partial charge on any atom is 0.259 e. The highest BCUT2D eigenvalue weighted by Crippen LogP contribution is 2.32. The Balaban J connectivity index is 1.60. The molecule has 3 heterocycles. The molecular formula is C23H26N4O5. The van der Waals surface area contributed by atoms with Gasteiger partial charge in [0, 0.05) is 25.8 Å². The topological polar surface area (TPSA) is 101 Å². The summed E-state index contributed by atoms with van der Waals surface area (Å²) >= 11 is 0. The first-order valence-electron chi connectivity index (χ1n) is 10.8. The van der Waals surface area contributed by atoms with Crippen LogP contribution in [0.1, 0.15) is 29.6 Å². The van der Waals surface area contributed by atoms with Crippen LogP contribution in [-0.4, -0.2) is 71.8 Å². The molecule has 3 amide bonds. The fourth-order valence-electron chi connectivity index (χ4n) is 3.69. The van der Waals surface area contributed by atoms with Crippen molar-refractivity contribution in [3.63, 3.8) is 0 Å². The summed E-state index contributed by atoms with van der Waals surface area (Å²) < 4.78 is 11.9. The molecule has 9 nitrogen and oxygen atoms in total. The number of nitrogens with zero attached hydrogens (tertiary/aromatic N) is 3. The number of rotatable bonds is 2. The predicted octanol–water partition coefficient (Wildman–Crippen LogP) is 1.84. The Morgan fingerprint density at radius 3 is 2.72 bits per heavy atom. The van der Waals surface area contributed by atoms with Gasteiger partial charge >= 0.3 is 0 Å². The summed E-state index contributed by atoms with van der Waals surface area (Å²) in [5.74, 6) is 0.441. The minimum atomic E-state index is -0.333. The number of hydrogen-bond donors (Lipinski definition) is 1. The molecule has 0 bridgehead atoms. The third kappa shape index (κ3) is 5.16. The minimum absolute atomic E-state index is 0.0102. The van der Waals surface area contributed by atoms with Gasteiger partial charge in [-0.05, 0) is 43.5 Å². The Morgan fingerprint density at radius 2 is 1.88 bits per heavy atom. The second-order valence-electron chi connectivity index (χ2n) is 7.71. The molecule has 0 spiro atoms. The number of para-hydroxylation sites is 2. The predicted molar refractivity (Wildman–Crippen MR) is 116 cm³/mol. The summed E-state index contributed by atoms with van der Waals surface area (Å²) in [6.07, 6.45) is 3.92. The molecular weight excluding hydrogens is 412 g/mol. The van der Waals surface area contributed by atoms with Crippen molar-refractivity contribution in [1.82, 2.24) is 20.1 Å². The van der Waals surface area contributed by atoms with Crippen LogP contribution >= 0.6 is 0 Å². The van der Waals surface area contributed by atoms with Crippen LogP contribution in [0.2, 0.25) is 0 Å². The van der Waals surface area contributed by atoms with Crippen LogP contribution in [0.25, 0.3) is 0 Å². The number of carbonyl (C=O) groups excluding carboxylic acids is 3. The zero-order chi connectivity index (χ0) is 22.3. The molecule has 2 aliphatic rings. The van der Waals surface area contributed by atoms with Crippen LogP contribution < -0.4 is 14.8 Å². The molecule has 0 aliphatic carbocycles. The molecule has 2 aliphatic heterocycles. The fraction of sp³-hybridized carbons (Fsp3) is 0.391. The van der Waals surface area contributed by atoms with Gasteiger partial charge in [0.25, 0.3) is 5.91 Å². The van der Waals surface area contributed by atoms with Crippen LogP contribution in [0.15, 0.2) is 42.6 Å². The molecule has 1 fully saturated rings. The number of piperazine rings is 1. The van der Waals surface area contributed by atoms with Crippen molar-refractivity contribution in [2.24, 2.45) is 0 Å². The largest absolute Gasteiger partial charge is 0.490 e. The Morgan fingerprint density at radius 1 is 1.03 bits per heavy atom. The van der Waals surface area contributed by atoms with Gasteiger partial charge < -0.3 is 24.6 Å². The third-order valence-electron chi connectivity index (χ3n) is 5.39. The highest BCUT2D eigenvalue weighted by atomic mass is 16.5. The van der Waals surface area contributed by atoms with Crippen molar-refractivity contribution in [1.29, 1.82) is 0 Å². The van der Waals surface area contributed by atoms with E-state index in [-0.39, 0.29) is 42.3 Å². The quantitative estimate of drug-likeness (QED) is 0.768. The van der Waals surface area contributed by atoms with Crippen molar-refractivity contribution < 1.29 is 23.9 Å². The van der Waals surface area contributed by atoms with E-state index in [1.807, 2.05) is 18.2 Å².